The second-order valence-corrected chi connectivity index (χ2v) is 5.53. The van der Waals surface area contributed by atoms with Gasteiger partial charge in [0.1, 0.15) is 0 Å². The average Bonchev–Trinajstić information content (AvgIpc) is 2.48. The molecule has 1 aromatic carbocycles. The Kier molecular flexibility index (Phi) is 6.17. The van der Waals surface area contributed by atoms with E-state index >= 15 is 0 Å². The van der Waals surface area contributed by atoms with Crippen LogP contribution in [0, 0.1) is 0 Å². The molecular formula is C16H24N2O3. The highest BCUT2D eigenvalue weighted by molar-refractivity contribution is 5.76. The van der Waals surface area contributed by atoms with E-state index in [9.17, 15) is 9.90 Å². The van der Waals surface area contributed by atoms with Crippen molar-refractivity contribution in [2.45, 2.75) is 38.0 Å². The van der Waals surface area contributed by atoms with Crippen LogP contribution in [0.4, 0.5) is 0 Å². The van der Waals surface area contributed by atoms with Crippen LogP contribution >= 0.6 is 0 Å². The number of rotatable bonds is 6. The molecule has 1 aliphatic heterocycles. The maximum atomic E-state index is 11.9. The van der Waals surface area contributed by atoms with E-state index in [2.05, 4.69) is 10.6 Å². The van der Waals surface area contributed by atoms with Crippen molar-refractivity contribution in [2.24, 2.45) is 0 Å². The van der Waals surface area contributed by atoms with Crippen LogP contribution in [-0.2, 0) is 9.53 Å². The molecular weight excluding hydrogens is 268 g/mol. The van der Waals surface area contributed by atoms with Crippen LogP contribution in [0.15, 0.2) is 30.3 Å². The van der Waals surface area contributed by atoms with Gasteiger partial charge in [0.2, 0.25) is 5.91 Å². The summed E-state index contributed by atoms with van der Waals surface area (Å²) in [6.07, 6.45) is 0.247. The van der Waals surface area contributed by atoms with Crippen molar-refractivity contribution >= 4 is 5.91 Å². The number of hydrogen-bond donors (Lipinski definition) is 3. The van der Waals surface area contributed by atoms with Crippen LogP contribution in [0.25, 0.3) is 0 Å². The molecule has 3 unspecified atom stereocenters. The van der Waals surface area contributed by atoms with Crippen LogP contribution in [0.1, 0.15) is 31.4 Å². The summed E-state index contributed by atoms with van der Waals surface area (Å²) in [6.45, 7) is 4.12. The van der Waals surface area contributed by atoms with Gasteiger partial charge in [-0.15, -0.1) is 0 Å². The Balaban J connectivity index is 1.73. The monoisotopic (exact) mass is 292 g/mol. The minimum absolute atomic E-state index is 0.0311. The third-order valence-electron chi connectivity index (χ3n) is 3.59. The van der Waals surface area contributed by atoms with Crippen LogP contribution in [0.5, 0.6) is 0 Å². The molecule has 3 N–H and O–H groups in total. The Morgan fingerprint density at radius 3 is 2.90 bits per heavy atom. The van der Waals surface area contributed by atoms with E-state index in [1.807, 2.05) is 37.3 Å². The van der Waals surface area contributed by atoms with Gasteiger partial charge in [0.15, 0.2) is 0 Å². The molecule has 0 aliphatic carbocycles. The Bertz CT molecular complexity index is 432. The third kappa shape index (κ3) is 5.46. The Morgan fingerprint density at radius 1 is 1.48 bits per heavy atom. The molecule has 1 amide bonds. The number of aliphatic hydroxyl groups is 1. The Hall–Kier alpha value is -1.43. The predicted molar refractivity (Wildman–Crippen MR) is 80.9 cm³/mol. The summed E-state index contributed by atoms with van der Waals surface area (Å²) in [7, 11) is 0. The first-order valence-corrected chi connectivity index (χ1v) is 7.50. The number of carbonyl (C=O) groups excluding carboxylic acids is 1. The zero-order valence-electron chi connectivity index (χ0n) is 12.4. The first-order valence-electron chi connectivity index (χ1n) is 7.50. The Labute approximate surface area is 125 Å². The normalized spacial score (nSPS) is 21.5. The molecule has 3 atom stereocenters. The molecule has 0 bridgehead atoms. The molecule has 0 aromatic heterocycles. The number of benzene rings is 1. The number of ether oxygens (including phenoxy) is 1. The van der Waals surface area contributed by atoms with Crippen molar-refractivity contribution in [3.8, 4) is 0 Å². The third-order valence-corrected chi connectivity index (χ3v) is 3.59. The van der Waals surface area contributed by atoms with E-state index < -0.39 is 6.10 Å². The van der Waals surface area contributed by atoms with E-state index in [-0.39, 0.29) is 18.1 Å². The van der Waals surface area contributed by atoms with Gasteiger partial charge in [-0.05, 0) is 18.9 Å². The molecule has 1 aromatic rings. The number of hydrogen-bond acceptors (Lipinski definition) is 4. The lowest BCUT2D eigenvalue weighted by Crippen LogP contribution is -2.43. The first-order chi connectivity index (χ1) is 10.1. The highest BCUT2D eigenvalue weighted by Crippen LogP contribution is 2.17. The molecule has 5 heteroatoms. The number of nitrogens with one attached hydrogen (secondary N) is 2. The molecule has 1 saturated heterocycles. The van der Waals surface area contributed by atoms with E-state index in [1.54, 1.807) is 0 Å². The van der Waals surface area contributed by atoms with E-state index in [4.69, 9.17) is 4.74 Å². The number of aliphatic hydroxyl groups excluding tert-OH is 1. The molecule has 21 heavy (non-hydrogen) atoms. The lowest BCUT2D eigenvalue weighted by Gasteiger charge is -2.24. The smallest absolute Gasteiger partial charge is 0.222 e. The number of morpholine rings is 1. The van der Waals surface area contributed by atoms with Crippen molar-refractivity contribution < 1.29 is 14.6 Å². The fourth-order valence-electron chi connectivity index (χ4n) is 2.50. The fourth-order valence-corrected chi connectivity index (χ4v) is 2.50. The summed E-state index contributed by atoms with van der Waals surface area (Å²) < 4.78 is 5.51. The largest absolute Gasteiger partial charge is 0.388 e. The SMILES string of the molecule is CC(CC(O)c1ccccc1)NC(=O)CC1CNCCO1. The maximum absolute atomic E-state index is 11.9. The fraction of sp³-hybridized carbons (Fsp3) is 0.562. The topological polar surface area (TPSA) is 70.6 Å². The van der Waals surface area contributed by atoms with Crippen molar-refractivity contribution in [1.82, 2.24) is 10.6 Å². The molecule has 116 valence electrons. The quantitative estimate of drug-likeness (QED) is 0.731. The molecule has 5 nitrogen and oxygen atoms in total. The molecule has 2 rings (SSSR count). The molecule has 0 radical (unpaired) electrons. The van der Waals surface area contributed by atoms with Gasteiger partial charge in [-0.3, -0.25) is 4.79 Å². The summed E-state index contributed by atoms with van der Waals surface area (Å²) in [5, 5.41) is 16.3. The van der Waals surface area contributed by atoms with Crippen molar-refractivity contribution in [1.29, 1.82) is 0 Å². The summed E-state index contributed by atoms with van der Waals surface area (Å²) in [5.74, 6) is -0.0311. The van der Waals surface area contributed by atoms with Crippen LogP contribution in [0.3, 0.4) is 0 Å². The van der Waals surface area contributed by atoms with Gasteiger partial charge < -0.3 is 20.5 Å². The Morgan fingerprint density at radius 2 is 2.24 bits per heavy atom. The van der Waals surface area contributed by atoms with Gasteiger partial charge in [0, 0.05) is 19.1 Å². The lowest BCUT2D eigenvalue weighted by atomic mass is 10.0. The lowest BCUT2D eigenvalue weighted by molar-refractivity contribution is -0.125. The van der Waals surface area contributed by atoms with Gasteiger partial charge in [-0.25, -0.2) is 0 Å². The summed E-state index contributed by atoms with van der Waals surface area (Å²) in [6, 6.07) is 9.41. The number of amides is 1. The highest BCUT2D eigenvalue weighted by atomic mass is 16.5. The first kappa shape index (κ1) is 15.9. The van der Waals surface area contributed by atoms with Gasteiger partial charge in [0.25, 0.3) is 0 Å². The van der Waals surface area contributed by atoms with Crippen molar-refractivity contribution in [3.05, 3.63) is 35.9 Å². The minimum Gasteiger partial charge on any atom is -0.388 e. The van der Waals surface area contributed by atoms with Crippen LogP contribution in [0.2, 0.25) is 0 Å². The molecule has 1 heterocycles. The maximum Gasteiger partial charge on any atom is 0.222 e. The minimum atomic E-state index is -0.561. The molecule has 1 aliphatic rings. The summed E-state index contributed by atoms with van der Waals surface area (Å²) >= 11 is 0. The van der Waals surface area contributed by atoms with E-state index in [0.29, 0.717) is 26.0 Å². The van der Waals surface area contributed by atoms with E-state index in [1.165, 1.54) is 0 Å². The van der Waals surface area contributed by atoms with Crippen molar-refractivity contribution in [3.63, 3.8) is 0 Å². The number of carbonyl (C=O) groups is 1. The zero-order valence-corrected chi connectivity index (χ0v) is 12.4. The average molecular weight is 292 g/mol. The van der Waals surface area contributed by atoms with Gasteiger partial charge >= 0.3 is 0 Å². The zero-order chi connectivity index (χ0) is 15.1. The predicted octanol–water partition coefficient (Wildman–Crippen LogP) is 0.993. The van der Waals surface area contributed by atoms with Gasteiger partial charge in [-0.2, -0.15) is 0 Å². The second-order valence-electron chi connectivity index (χ2n) is 5.53. The molecule has 0 spiro atoms. The van der Waals surface area contributed by atoms with Crippen LogP contribution in [-0.4, -0.2) is 42.9 Å². The van der Waals surface area contributed by atoms with E-state index in [0.717, 1.165) is 12.1 Å². The van der Waals surface area contributed by atoms with Crippen LogP contribution < -0.4 is 10.6 Å². The van der Waals surface area contributed by atoms with Gasteiger partial charge in [-0.1, -0.05) is 30.3 Å². The summed E-state index contributed by atoms with van der Waals surface area (Å²) in [5.41, 5.74) is 0.874. The molecule has 1 fully saturated rings. The molecule has 0 saturated carbocycles. The van der Waals surface area contributed by atoms with Gasteiger partial charge in [0.05, 0.1) is 25.2 Å². The second kappa shape index (κ2) is 8.12. The standard InChI is InChI=1S/C16H24N2O3/c1-12(9-15(19)13-5-3-2-4-6-13)18-16(20)10-14-11-17-7-8-21-14/h2-6,12,14-15,17,19H,7-11H2,1H3,(H,18,20). The summed E-state index contributed by atoms with van der Waals surface area (Å²) in [4.78, 5) is 11.9. The highest BCUT2D eigenvalue weighted by Gasteiger charge is 2.19. The van der Waals surface area contributed by atoms with Crippen molar-refractivity contribution in [2.75, 3.05) is 19.7 Å².